The van der Waals surface area contributed by atoms with E-state index in [0.29, 0.717) is 17.5 Å². The third-order valence-corrected chi connectivity index (χ3v) is 8.38. The summed E-state index contributed by atoms with van der Waals surface area (Å²) in [5.41, 5.74) is 0.451. The van der Waals surface area contributed by atoms with E-state index in [1.54, 1.807) is 12.1 Å². The van der Waals surface area contributed by atoms with Crippen molar-refractivity contribution in [1.29, 1.82) is 0 Å². The molecule has 0 amide bonds. The molecule has 5 N–H and O–H groups in total. The Morgan fingerprint density at radius 3 is 2.44 bits per heavy atom. The first-order valence-electron chi connectivity index (χ1n) is 11.4. The third-order valence-electron chi connectivity index (χ3n) is 6.41. The van der Waals surface area contributed by atoms with Gasteiger partial charge in [0.1, 0.15) is 16.2 Å². The Hall–Kier alpha value is -2.86. The van der Waals surface area contributed by atoms with Gasteiger partial charge in [0.2, 0.25) is 10.0 Å². The molecule has 1 unspecified atom stereocenters. The molecule has 0 fully saturated rings. The number of hydrogen-bond acceptors (Lipinski definition) is 8. The van der Waals surface area contributed by atoms with Crippen molar-refractivity contribution in [2.75, 3.05) is 16.3 Å². The first-order valence-corrected chi connectivity index (χ1v) is 14.8. The molecular formula is C25H31N3O6S2. The minimum Gasteiger partial charge on any atom is -0.506 e. The Kier molecular flexibility index (Phi) is 6.27. The zero-order valence-corrected chi connectivity index (χ0v) is 22.4. The number of amidine groups is 1. The molecule has 194 valence electrons. The van der Waals surface area contributed by atoms with Gasteiger partial charge in [-0.3, -0.25) is 18.6 Å². The lowest BCUT2D eigenvalue weighted by Crippen LogP contribution is -2.42. The van der Waals surface area contributed by atoms with Gasteiger partial charge in [-0.2, -0.15) is 0 Å². The fourth-order valence-electron chi connectivity index (χ4n) is 4.47. The molecule has 1 aliphatic carbocycles. The topological polar surface area (TPSA) is 148 Å². The van der Waals surface area contributed by atoms with Crippen molar-refractivity contribution < 1.29 is 27.4 Å². The van der Waals surface area contributed by atoms with E-state index in [-0.39, 0.29) is 44.6 Å². The van der Waals surface area contributed by atoms with E-state index in [9.17, 15) is 27.4 Å². The minimum absolute atomic E-state index is 0.0286. The molecule has 0 radical (unpaired) electrons. The van der Waals surface area contributed by atoms with Crippen molar-refractivity contribution >= 4 is 49.6 Å². The number of aliphatic hydroxyl groups is 1. The first-order chi connectivity index (χ1) is 16.5. The molecule has 2 aromatic carbocycles. The number of anilines is 2. The SMILES string of the molecule is CC(C)(C)CCC1(C)C(=O)C(C2=NS(O)(O)c3cc(NS(C)(=O)=O)ccc3N2)=C(O)c2ccccc21. The molecule has 0 spiro atoms. The zero-order valence-electron chi connectivity index (χ0n) is 20.8. The Bertz CT molecular complexity index is 1420. The van der Waals surface area contributed by atoms with Gasteiger partial charge in [0.25, 0.3) is 0 Å². The van der Waals surface area contributed by atoms with Crippen LogP contribution in [-0.2, 0) is 20.2 Å². The number of nitrogens with one attached hydrogen (secondary N) is 2. The lowest BCUT2D eigenvalue weighted by molar-refractivity contribution is -0.120. The highest BCUT2D eigenvalue weighted by atomic mass is 32.3. The maximum absolute atomic E-state index is 14.0. The molecule has 36 heavy (non-hydrogen) atoms. The molecule has 11 heteroatoms. The second-order valence-electron chi connectivity index (χ2n) is 10.7. The van der Waals surface area contributed by atoms with Gasteiger partial charge in [0.05, 0.1) is 23.0 Å². The second kappa shape index (κ2) is 8.62. The molecule has 1 heterocycles. The van der Waals surface area contributed by atoms with Crippen LogP contribution < -0.4 is 10.0 Å². The standard InChI is InChI=1S/C25H31N3O6S2/c1-24(2,3)12-13-25(4)17-9-7-6-8-16(17)21(29)20(22(25)30)23-26-18-11-10-15(27-35(5,31)32)14-19(18)36(33,34)28-23/h6-11,14,27,29,33-34H,12-13H2,1-5H3,(H,26,28). The van der Waals surface area contributed by atoms with Crippen LogP contribution in [0.25, 0.3) is 5.76 Å². The van der Waals surface area contributed by atoms with E-state index in [1.165, 1.54) is 18.2 Å². The van der Waals surface area contributed by atoms with Crippen LogP contribution in [0.5, 0.6) is 0 Å². The van der Waals surface area contributed by atoms with Gasteiger partial charge < -0.3 is 10.4 Å². The zero-order chi connectivity index (χ0) is 26.7. The molecule has 1 aliphatic heterocycles. The van der Waals surface area contributed by atoms with E-state index < -0.39 is 26.2 Å². The van der Waals surface area contributed by atoms with Crippen LogP contribution in [-0.4, -0.2) is 40.5 Å². The summed E-state index contributed by atoms with van der Waals surface area (Å²) >= 11 is 0. The van der Waals surface area contributed by atoms with Crippen molar-refractivity contribution in [1.82, 2.24) is 0 Å². The number of ketones is 1. The predicted molar refractivity (Wildman–Crippen MR) is 144 cm³/mol. The van der Waals surface area contributed by atoms with E-state index >= 15 is 0 Å². The molecular weight excluding hydrogens is 502 g/mol. The number of fused-ring (bicyclic) bond motifs is 2. The molecule has 0 saturated carbocycles. The maximum atomic E-state index is 14.0. The quantitative estimate of drug-likeness (QED) is 0.339. The average Bonchev–Trinajstić information content (AvgIpc) is 2.75. The van der Waals surface area contributed by atoms with Crippen LogP contribution in [0.2, 0.25) is 0 Å². The number of Topliss-reactive ketones (excluding diaryl/α,β-unsaturated/α-hetero) is 1. The molecule has 1 atom stereocenters. The lowest BCUT2D eigenvalue weighted by Gasteiger charge is -2.39. The summed E-state index contributed by atoms with van der Waals surface area (Å²) in [5.74, 6) is -0.808. The first kappa shape index (κ1) is 26.2. The van der Waals surface area contributed by atoms with Crippen molar-refractivity contribution in [3.05, 3.63) is 59.2 Å². The summed E-state index contributed by atoms with van der Waals surface area (Å²) in [6.07, 6.45) is 2.24. The van der Waals surface area contributed by atoms with Crippen molar-refractivity contribution in [2.24, 2.45) is 9.81 Å². The summed E-state index contributed by atoms with van der Waals surface area (Å²) in [5, 5.41) is 14.2. The van der Waals surface area contributed by atoms with Gasteiger partial charge in [-0.05, 0) is 48.9 Å². The number of carbonyl (C=O) groups excluding carboxylic acids is 1. The number of sulfonamides is 1. The smallest absolute Gasteiger partial charge is 0.229 e. The number of hydrogen-bond donors (Lipinski definition) is 5. The molecule has 0 aromatic heterocycles. The highest BCUT2D eigenvalue weighted by Crippen LogP contribution is 2.57. The van der Waals surface area contributed by atoms with E-state index in [2.05, 4.69) is 35.2 Å². The van der Waals surface area contributed by atoms with Crippen LogP contribution in [0.15, 0.2) is 57.3 Å². The monoisotopic (exact) mass is 533 g/mol. The normalized spacial score (nSPS) is 22.2. The second-order valence-corrected chi connectivity index (χ2v) is 14.1. The Labute approximate surface area is 212 Å². The summed E-state index contributed by atoms with van der Waals surface area (Å²) in [7, 11) is -7.41. The summed E-state index contributed by atoms with van der Waals surface area (Å²) in [6, 6.07) is 11.3. The number of benzene rings is 2. The Morgan fingerprint density at radius 2 is 1.81 bits per heavy atom. The summed E-state index contributed by atoms with van der Waals surface area (Å²) in [6.45, 7) is 8.12. The van der Waals surface area contributed by atoms with Crippen LogP contribution in [0, 0.1) is 5.41 Å². The number of carbonyl (C=O) groups is 1. The van der Waals surface area contributed by atoms with Gasteiger partial charge in [-0.25, -0.2) is 8.42 Å². The maximum Gasteiger partial charge on any atom is 0.229 e. The van der Waals surface area contributed by atoms with Crippen molar-refractivity contribution in [3.63, 3.8) is 0 Å². The fourth-order valence-corrected chi connectivity index (χ4v) is 6.21. The van der Waals surface area contributed by atoms with Gasteiger partial charge in [0.15, 0.2) is 11.6 Å². The molecule has 2 aliphatic rings. The van der Waals surface area contributed by atoms with Crippen LogP contribution in [0.1, 0.15) is 51.7 Å². The Balaban J connectivity index is 1.82. The van der Waals surface area contributed by atoms with Crippen LogP contribution in [0.4, 0.5) is 11.4 Å². The van der Waals surface area contributed by atoms with E-state index in [4.69, 9.17) is 0 Å². The van der Waals surface area contributed by atoms with Crippen LogP contribution in [0.3, 0.4) is 0 Å². The van der Waals surface area contributed by atoms with Gasteiger partial charge in [0, 0.05) is 5.56 Å². The highest BCUT2D eigenvalue weighted by Gasteiger charge is 2.47. The number of aliphatic hydroxyl groups excluding tert-OH is 1. The molecule has 0 bridgehead atoms. The molecule has 2 aromatic rings. The van der Waals surface area contributed by atoms with Gasteiger partial charge in [-0.15, -0.1) is 4.40 Å². The fraction of sp³-hybridized carbons (Fsp3) is 0.360. The van der Waals surface area contributed by atoms with Gasteiger partial charge >= 0.3 is 0 Å². The van der Waals surface area contributed by atoms with Gasteiger partial charge in [-0.1, -0.05) is 55.8 Å². The highest BCUT2D eigenvalue weighted by molar-refractivity contribution is 8.23. The third kappa shape index (κ3) is 4.88. The Morgan fingerprint density at radius 1 is 1.14 bits per heavy atom. The largest absolute Gasteiger partial charge is 0.506 e. The predicted octanol–water partition coefficient (Wildman–Crippen LogP) is 5.54. The lowest BCUT2D eigenvalue weighted by atomic mass is 9.65. The summed E-state index contributed by atoms with van der Waals surface area (Å²) in [4.78, 5) is 14.0. The van der Waals surface area contributed by atoms with Crippen molar-refractivity contribution in [2.45, 2.75) is 50.8 Å². The minimum atomic E-state index is -3.82. The molecule has 4 rings (SSSR count). The van der Waals surface area contributed by atoms with E-state index in [1.807, 2.05) is 19.1 Å². The molecule has 0 saturated heterocycles. The molecule has 9 nitrogen and oxygen atoms in total. The number of nitrogens with zero attached hydrogens (tertiary/aromatic N) is 1. The summed E-state index contributed by atoms with van der Waals surface area (Å²) < 4.78 is 51.3. The average molecular weight is 534 g/mol. The van der Waals surface area contributed by atoms with Crippen LogP contribution >= 0.6 is 10.8 Å². The van der Waals surface area contributed by atoms with Crippen molar-refractivity contribution in [3.8, 4) is 0 Å². The number of rotatable bonds is 5. The van der Waals surface area contributed by atoms with E-state index in [0.717, 1.165) is 12.7 Å².